The molecule has 2 aromatic carbocycles. The van der Waals surface area contributed by atoms with Crippen molar-refractivity contribution in [3.8, 4) is 22.6 Å². The summed E-state index contributed by atoms with van der Waals surface area (Å²) in [5.41, 5.74) is 5.04. The van der Waals surface area contributed by atoms with Gasteiger partial charge in [-0.3, -0.25) is 4.79 Å². The number of ether oxygens (including phenoxy) is 2. The van der Waals surface area contributed by atoms with Gasteiger partial charge in [-0.1, -0.05) is 56.9 Å². The highest BCUT2D eigenvalue weighted by molar-refractivity contribution is 8.23. The lowest BCUT2D eigenvalue weighted by Gasteiger charge is -2.26. The first-order chi connectivity index (χ1) is 15.1. The van der Waals surface area contributed by atoms with E-state index in [1.807, 2.05) is 25.1 Å². The smallest absolute Gasteiger partial charge is 0.323 e. The minimum atomic E-state index is -0.906. The van der Waals surface area contributed by atoms with Gasteiger partial charge >= 0.3 is 5.97 Å². The molecule has 0 atom stereocenters. The molecule has 0 spiro atoms. The van der Waals surface area contributed by atoms with E-state index in [-0.39, 0.29) is 12.0 Å². The maximum atomic E-state index is 11.3. The Balaban J connectivity index is 2.16. The Morgan fingerprint density at radius 3 is 2.50 bits per heavy atom. The largest absolute Gasteiger partial charge is 0.497 e. The second-order valence-electron chi connectivity index (χ2n) is 8.52. The molecule has 170 valence electrons. The number of hydrogen-bond donors (Lipinski definition) is 1. The van der Waals surface area contributed by atoms with Crippen LogP contribution < -0.4 is 9.47 Å². The maximum absolute atomic E-state index is 11.3. The minimum Gasteiger partial charge on any atom is -0.497 e. The molecule has 0 saturated carbocycles. The maximum Gasteiger partial charge on any atom is 0.323 e. The van der Waals surface area contributed by atoms with Crippen molar-refractivity contribution in [1.82, 2.24) is 4.90 Å². The first-order valence-corrected chi connectivity index (χ1v) is 11.9. The number of methoxy groups -OCH3 is 1. The molecule has 7 heteroatoms. The number of thiocarbonyl (C=S) groups is 1. The SMILES string of the molecule is CCOc1cc(-c2ccc(OC)cc2)c(C(C)(C)C)cc1/C=C1\CSC(=S)N1CC(=O)O. The van der Waals surface area contributed by atoms with E-state index in [9.17, 15) is 9.90 Å². The lowest BCUT2D eigenvalue weighted by atomic mass is 9.80. The molecule has 1 aliphatic heterocycles. The summed E-state index contributed by atoms with van der Waals surface area (Å²) in [7, 11) is 1.66. The van der Waals surface area contributed by atoms with Gasteiger partial charge in [0.15, 0.2) is 0 Å². The molecule has 1 fully saturated rings. The zero-order valence-electron chi connectivity index (χ0n) is 19.1. The van der Waals surface area contributed by atoms with Crippen molar-refractivity contribution in [2.24, 2.45) is 0 Å². The van der Waals surface area contributed by atoms with Crippen LogP contribution in [0.3, 0.4) is 0 Å². The summed E-state index contributed by atoms with van der Waals surface area (Å²) in [6.45, 7) is 8.90. The Bertz CT molecular complexity index is 1040. The van der Waals surface area contributed by atoms with Crippen molar-refractivity contribution in [1.29, 1.82) is 0 Å². The number of carbonyl (C=O) groups is 1. The van der Waals surface area contributed by atoms with Gasteiger partial charge < -0.3 is 19.5 Å². The molecular weight excluding hydrogens is 442 g/mol. The number of hydrogen-bond acceptors (Lipinski definition) is 5. The summed E-state index contributed by atoms with van der Waals surface area (Å²) >= 11 is 6.85. The Labute approximate surface area is 199 Å². The van der Waals surface area contributed by atoms with Gasteiger partial charge in [0.2, 0.25) is 0 Å². The molecule has 1 aliphatic rings. The first-order valence-electron chi connectivity index (χ1n) is 10.5. The molecule has 32 heavy (non-hydrogen) atoms. The molecule has 0 bridgehead atoms. The highest BCUT2D eigenvalue weighted by Crippen LogP contribution is 2.40. The van der Waals surface area contributed by atoms with Crippen LogP contribution >= 0.6 is 24.0 Å². The average Bonchev–Trinajstić information content (AvgIpc) is 3.07. The lowest BCUT2D eigenvalue weighted by Crippen LogP contribution is -2.28. The van der Waals surface area contributed by atoms with E-state index in [4.69, 9.17) is 21.7 Å². The molecule has 0 amide bonds. The van der Waals surface area contributed by atoms with E-state index in [1.54, 1.807) is 12.0 Å². The highest BCUT2D eigenvalue weighted by atomic mass is 32.2. The van der Waals surface area contributed by atoms with Gasteiger partial charge in [0.1, 0.15) is 22.4 Å². The predicted octanol–water partition coefficient (Wildman–Crippen LogP) is 5.82. The summed E-state index contributed by atoms with van der Waals surface area (Å²) in [6.07, 6.45) is 2.01. The summed E-state index contributed by atoms with van der Waals surface area (Å²) in [5, 5.41) is 9.29. The van der Waals surface area contributed by atoms with Gasteiger partial charge in [-0.25, -0.2) is 0 Å². The molecular formula is C25H29NO4S2. The molecule has 0 aromatic heterocycles. The van der Waals surface area contributed by atoms with Crippen molar-refractivity contribution >= 4 is 40.3 Å². The number of thioether (sulfide) groups is 1. The number of rotatable bonds is 7. The van der Waals surface area contributed by atoms with Crippen molar-refractivity contribution in [3.05, 3.63) is 53.2 Å². The monoisotopic (exact) mass is 471 g/mol. The van der Waals surface area contributed by atoms with E-state index < -0.39 is 5.97 Å². The quantitative estimate of drug-likeness (QED) is 0.511. The molecule has 1 saturated heterocycles. The Morgan fingerprint density at radius 1 is 1.25 bits per heavy atom. The van der Waals surface area contributed by atoms with E-state index in [0.29, 0.717) is 16.7 Å². The summed E-state index contributed by atoms with van der Waals surface area (Å²) in [5.74, 6) is 1.31. The van der Waals surface area contributed by atoms with Crippen molar-refractivity contribution < 1.29 is 19.4 Å². The van der Waals surface area contributed by atoms with Crippen LogP contribution in [0.1, 0.15) is 38.8 Å². The lowest BCUT2D eigenvalue weighted by molar-refractivity contribution is -0.136. The topological polar surface area (TPSA) is 59.0 Å². The van der Waals surface area contributed by atoms with Crippen LogP contribution in [-0.4, -0.2) is 46.3 Å². The second-order valence-corrected chi connectivity index (χ2v) is 10.1. The van der Waals surface area contributed by atoms with Gasteiger partial charge in [-0.15, -0.1) is 0 Å². The normalized spacial score (nSPS) is 15.3. The average molecular weight is 472 g/mol. The fourth-order valence-electron chi connectivity index (χ4n) is 3.63. The Morgan fingerprint density at radius 2 is 1.94 bits per heavy atom. The summed E-state index contributed by atoms with van der Waals surface area (Å²) in [6, 6.07) is 12.3. The molecule has 1 heterocycles. The van der Waals surface area contributed by atoms with E-state index in [2.05, 4.69) is 45.0 Å². The van der Waals surface area contributed by atoms with Crippen LogP contribution in [-0.2, 0) is 10.2 Å². The zero-order valence-corrected chi connectivity index (χ0v) is 20.7. The minimum absolute atomic E-state index is 0.117. The molecule has 5 nitrogen and oxygen atoms in total. The first kappa shape index (κ1) is 24.1. The number of benzene rings is 2. The van der Waals surface area contributed by atoms with Crippen LogP contribution in [0, 0.1) is 0 Å². The fourth-order valence-corrected chi connectivity index (χ4v) is 4.84. The predicted molar refractivity (Wildman–Crippen MR) is 136 cm³/mol. The van der Waals surface area contributed by atoms with Crippen LogP contribution in [0.4, 0.5) is 0 Å². The van der Waals surface area contributed by atoms with E-state index >= 15 is 0 Å². The van der Waals surface area contributed by atoms with Gasteiger partial charge in [-0.05, 0) is 59.4 Å². The van der Waals surface area contributed by atoms with Crippen molar-refractivity contribution in [3.63, 3.8) is 0 Å². The third-order valence-electron chi connectivity index (χ3n) is 5.18. The molecule has 2 aromatic rings. The van der Waals surface area contributed by atoms with Gasteiger partial charge in [0.25, 0.3) is 0 Å². The Kier molecular flexibility index (Phi) is 7.51. The van der Waals surface area contributed by atoms with E-state index in [0.717, 1.165) is 33.9 Å². The molecule has 1 N–H and O–H groups in total. The third-order valence-corrected chi connectivity index (χ3v) is 6.67. The van der Waals surface area contributed by atoms with Crippen LogP contribution in [0.2, 0.25) is 0 Å². The number of nitrogens with zero attached hydrogens (tertiary/aromatic N) is 1. The molecule has 0 unspecified atom stereocenters. The fraction of sp³-hybridized carbons (Fsp3) is 0.360. The van der Waals surface area contributed by atoms with E-state index in [1.165, 1.54) is 17.3 Å². The van der Waals surface area contributed by atoms with Gasteiger partial charge in [0, 0.05) is 17.0 Å². The van der Waals surface area contributed by atoms with Crippen molar-refractivity contribution in [2.45, 2.75) is 33.1 Å². The third kappa shape index (κ3) is 5.45. The number of carboxylic acids is 1. The van der Waals surface area contributed by atoms with Crippen molar-refractivity contribution in [2.75, 3.05) is 26.0 Å². The second kappa shape index (κ2) is 9.96. The standard InChI is InChI=1S/C25H29NO4S2/c1-6-30-22-13-20(16-7-9-19(29-5)10-8-16)21(25(2,3)4)12-17(22)11-18-15-32-24(31)26(18)14-23(27)28/h7-13H,6,14-15H2,1-5H3,(H,27,28)/b18-11+. The summed E-state index contributed by atoms with van der Waals surface area (Å²) < 4.78 is 11.9. The number of carboxylic acid groups (broad SMARTS) is 1. The van der Waals surface area contributed by atoms with Crippen LogP contribution in [0.15, 0.2) is 42.1 Å². The zero-order chi connectivity index (χ0) is 23.5. The highest BCUT2D eigenvalue weighted by Gasteiger charge is 2.27. The molecule has 0 aliphatic carbocycles. The van der Waals surface area contributed by atoms with Crippen LogP contribution in [0.25, 0.3) is 17.2 Å². The summed E-state index contributed by atoms with van der Waals surface area (Å²) in [4.78, 5) is 13.0. The molecule has 3 rings (SSSR count). The van der Waals surface area contributed by atoms with Crippen LogP contribution in [0.5, 0.6) is 11.5 Å². The van der Waals surface area contributed by atoms with Gasteiger partial charge in [0.05, 0.1) is 13.7 Å². The number of aliphatic carboxylic acids is 1. The molecule has 0 radical (unpaired) electrons. The van der Waals surface area contributed by atoms with Gasteiger partial charge in [-0.2, -0.15) is 0 Å². The Hall–Kier alpha value is -2.51.